The third-order valence-electron chi connectivity index (χ3n) is 2.39. The zero-order valence-corrected chi connectivity index (χ0v) is 10.4. The van der Waals surface area contributed by atoms with Gasteiger partial charge in [0.1, 0.15) is 5.03 Å². The van der Waals surface area contributed by atoms with E-state index in [0.29, 0.717) is 0 Å². The summed E-state index contributed by atoms with van der Waals surface area (Å²) in [4.78, 5) is 15.6. The van der Waals surface area contributed by atoms with Crippen LogP contribution in [0.5, 0.6) is 0 Å². The Kier molecular flexibility index (Phi) is 3.62. The molecule has 0 spiro atoms. The molecule has 1 aromatic carbocycles. The molecule has 0 saturated heterocycles. The number of hydrogen-bond acceptors (Lipinski definition) is 3. The Bertz CT molecular complexity index is 601. The molecule has 0 amide bonds. The SMILES string of the molecule is Cc1ccccc1Sc1nccc(C(=O)O)c1F. The van der Waals surface area contributed by atoms with Crippen LogP contribution in [0.25, 0.3) is 0 Å². The van der Waals surface area contributed by atoms with E-state index >= 15 is 0 Å². The molecule has 0 fully saturated rings. The fourth-order valence-electron chi connectivity index (χ4n) is 1.44. The first-order valence-electron chi connectivity index (χ1n) is 5.21. The van der Waals surface area contributed by atoms with Gasteiger partial charge in [0.25, 0.3) is 0 Å². The number of carboxylic acid groups (broad SMARTS) is 1. The average molecular weight is 263 g/mol. The van der Waals surface area contributed by atoms with Crippen LogP contribution in [0.2, 0.25) is 0 Å². The third kappa shape index (κ3) is 2.51. The van der Waals surface area contributed by atoms with E-state index in [4.69, 9.17) is 5.11 Å². The molecule has 0 bridgehead atoms. The van der Waals surface area contributed by atoms with Crippen LogP contribution in [0.15, 0.2) is 46.5 Å². The van der Waals surface area contributed by atoms with Crippen molar-refractivity contribution in [3.05, 3.63) is 53.5 Å². The van der Waals surface area contributed by atoms with Crippen LogP contribution in [0, 0.1) is 12.7 Å². The second-order valence-electron chi connectivity index (χ2n) is 3.65. The molecule has 1 heterocycles. The number of carboxylic acids is 1. The molecular weight excluding hydrogens is 253 g/mol. The van der Waals surface area contributed by atoms with Crippen LogP contribution < -0.4 is 0 Å². The van der Waals surface area contributed by atoms with Gasteiger partial charge in [-0.25, -0.2) is 14.2 Å². The summed E-state index contributed by atoms with van der Waals surface area (Å²) in [6.07, 6.45) is 1.30. The van der Waals surface area contributed by atoms with E-state index in [9.17, 15) is 9.18 Å². The van der Waals surface area contributed by atoms with Crippen LogP contribution in [0.1, 0.15) is 15.9 Å². The predicted molar refractivity (Wildman–Crippen MR) is 66.5 cm³/mol. The van der Waals surface area contributed by atoms with E-state index in [2.05, 4.69) is 4.98 Å². The van der Waals surface area contributed by atoms with E-state index in [1.165, 1.54) is 6.20 Å². The number of halogens is 1. The highest BCUT2D eigenvalue weighted by atomic mass is 32.2. The molecule has 0 aliphatic rings. The molecule has 92 valence electrons. The highest BCUT2D eigenvalue weighted by Gasteiger charge is 2.16. The van der Waals surface area contributed by atoms with E-state index in [1.54, 1.807) is 0 Å². The summed E-state index contributed by atoms with van der Waals surface area (Å²) < 4.78 is 13.9. The highest BCUT2D eigenvalue weighted by Crippen LogP contribution is 2.31. The quantitative estimate of drug-likeness (QED) is 0.922. The fourth-order valence-corrected chi connectivity index (χ4v) is 2.33. The molecule has 5 heteroatoms. The molecule has 3 nitrogen and oxygen atoms in total. The lowest BCUT2D eigenvalue weighted by Crippen LogP contribution is -2.02. The number of aromatic nitrogens is 1. The van der Waals surface area contributed by atoms with E-state index in [-0.39, 0.29) is 10.6 Å². The highest BCUT2D eigenvalue weighted by molar-refractivity contribution is 7.99. The monoisotopic (exact) mass is 263 g/mol. The largest absolute Gasteiger partial charge is 0.478 e. The Morgan fingerprint density at radius 3 is 2.72 bits per heavy atom. The lowest BCUT2D eigenvalue weighted by molar-refractivity contribution is 0.0691. The number of nitrogens with zero attached hydrogens (tertiary/aromatic N) is 1. The molecule has 0 saturated carbocycles. The minimum Gasteiger partial charge on any atom is -0.478 e. The van der Waals surface area contributed by atoms with Crippen molar-refractivity contribution in [3.8, 4) is 0 Å². The van der Waals surface area contributed by atoms with Crippen molar-refractivity contribution in [2.75, 3.05) is 0 Å². The Morgan fingerprint density at radius 2 is 2.06 bits per heavy atom. The van der Waals surface area contributed by atoms with Crippen molar-refractivity contribution in [3.63, 3.8) is 0 Å². The molecule has 18 heavy (non-hydrogen) atoms. The molecule has 0 aliphatic carbocycles. The molecular formula is C13H10FNO2S. The average Bonchev–Trinajstić information content (AvgIpc) is 2.34. The minimum absolute atomic E-state index is 0.0733. The van der Waals surface area contributed by atoms with Gasteiger partial charge in [-0.05, 0) is 24.6 Å². The first kappa shape index (κ1) is 12.6. The van der Waals surface area contributed by atoms with Crippen LogP contribution in [-0.4, -0.2) is 16.1 Å². The maximum absolute atomic E-state index is 13.9. The third-order valence-corrected chi connectivity index (χ3v) is 3.54. The van der Waals surface area contributed by atoms with E-state index < -0.39 is 11.8 Å². The summed E-state index contributed by atoms with van der Waals surface area (Å²) in [7, 11) is 0. The predicted octanol–water partition coefficient (Wildman–Crippen LogP) is 3.38. The molecule has 0 unspecified atom stereocenters. The standard InChI is InChI=1S/C13H10FNO2S/c1-8-4-2-3-5-10(8)18-12-11(14)9(13(16)17)6-7-15-12/h2-7H,1H3,(H,16,17). The van der Waals surface area contributed by atoms with Crippen LogP contribution >= 0.6 is 11.8 Å². The smallest absolute Gasteiger partial charge is 0.338 e. The van der Waals surface area contributed by atoms with Crippen molar-refractivity contribution < 1.29 is 14.3 Å². The van der Waals surface area contributed by atoms with Crippen molar-refractivity contribution >= 4 is 17.7 Å². The Balaban J connectivity index is 2.39. The number of carbonyl (C=O) groups is 1. The van der Waals surface area contributed by atoms with Crippen molar-refractivity contribution in [1.82, 2.24) is 4.98 Å². The van der Waals surface area contributed by atoms with Crippen LogP contribution in [0.4, 0.5) is 4.39 Å². The minimum atomic E-state index is -1.29. The number of rotatable bonds is 3. The van der Waals surface area contributed by atoms with Gasteiger partial charge < -0.3 is 5.11 Å². The maximum atomic E-state index is 13.9. The molecule has 0 radical (unpaired) electrons. The lowest BCUT2D eigenvalue weighted by atomic mass is 10.2. The molecule has 2 aromatic rings. The fraction of sp³-hybridized carbons (Fsp3) is 0.0769. The number of aromatic carboxylic acids is 1. The van der Waals surface area contributed by atoms with Gasteiger partial charge in [0.15, 0.2) is 5.82 Å². The zero-order chi connectivity index (χ0) is 13.1. The zero-order valence-electron chi connectivity index (χ0n) is 9.55. The van der Waals surface area contributed by atoms with E-state index in [0.717, 1.165) is 28.3 Å². The van der Waals surface area contributed by atoms with Gasteiger partial charge in [-0.2, -0.15) is 0 Å². The van der Waals surface area contributed by atoms with E-state index in [1.807, 2.05) is 31.2 Å². The maximum Gasteiger partial charge on any atom is 0.338 e. The van der Waals surface area contributed by atoms with Gasteiger partial charge in [0.05, 0.1) is 5.56 Å². The van der Waals surface area contributed by atoms with Gasteiger partial charge >= 0.3 is 5.97 Å². The number of hydrogen-bond donors (Lipinski definition) is 1. The van der Waals surface area contributed by atoms with Crippen molar-refractivity contribution in [1.29, 1.82) is 0 Å². The molecule has 1 aromatic heterocycles. The van der Waals surface area contributed by atoms with Gasteiger partial charge in [-0.1, -0.05) is 30.0 Å². The number of benzene rings is 1. The molecule has 0 aliphatic heterocycles. The van der Waals surface area contributed by atoms with Crippen molar-refractivity contribution in [2.24, 2.45) is 0 Å². The summed E-state index contributed by atoms with van der Waals surface area (Å²) in [5, 5.41) is 8.91. The summed E-state index contributed by atoms with van der Waals surface area (Å²) in [6.45, 7) is 1.90. The molecule has 1 N–H and O–H groups in total. The van der Waals surface area contributed by atoms with Crippen LogP contribution in [-0.2, 0) is 0 Å². The second kappa shape index (κ2) is 5.18. The second-order valence-corrected chi connectivity index (χ2v) is 4.68. The van der Waals surface area contributed by atoms with Gasteiger partial charge in [0.2, 0.25) is 0 Å². The Hall–Kier alpha value is -1.88. The molecule has 0 atom stereocenters. The van der Waals surface area contributed by atoms with Crippen LogP contribution in [0.3, 0.4) is 0 Å². The summed E-state index contributed by atoms with van der Waals surface area (Å²) >= 11 is 1.12. The Morgan fingerprint density at radius 1 is 1.33 bits per heavy atom. The first-order valence-corrected chi connectivity index (χ1v) is 6.02. The first-order chi connectivity index (χ1) is 8.59. The summed E-state index contributed by atoms with van der Waals surface area (Å²) in [5.74, 6) is -2.08. The van der Waals surface area contributed by atoms with Gasteiger partial charge in [-0.15, -0.1) is 0 Å². The lowest BCUT2D eigenvalue weighted by Gasteiger charge is -2.06. The number of aryl methyl sites for hydroxylation is 1. The topological polar surface area (TPSA) is 50.2 Å². The summed E-state index contributed by atoms with van der Waals surface area (Å²) in [5.41, 5.74) is 0.630. The Labute approximate surface area is 108 Å². The van der Waals surface area contributed by atoms with Gasteiger partial charge in [-0.3, -0.25) is 0 Å². The van der Waals surface area contributed by atoms with Crippen molar-refractivity contribution in [2.45, 2.75) is 16.8 Å². The summed E-state index contributed by atoms with van der Waals surface area (Å²) in [6, 6.07) is 8.63. The molecule has 2 rings (SSSR count). The normalized spacial score (nSPS) is 10.3. The van der Waals surface area contributed by atoms with Gasteiger partial charge in [0, 0.05) is 11.1 Å². The number of pyridine rings is 1.